The first-order chi connectivity index (χ1) is 7.93. The van der Waals surface area contributed by atoms with E-state index >= 15 is 0 Å². The number of ether oxygens (including phenoxy) is 2. The Bertz CT molecular complexity index is 286. The molecule has 1 saturated heterocycles. The molecule has 0 aromatic rings. The van der Waals surface area contributed by atoms with Gasteiger partial charge in [-0.25, -0.2) is 0 Å². The summed E-state index contributed by atoms with van der Waals surface area (Å²) in [4.78, 5) is 10.8. The van der Waals surface area contributed by atoms with Crippen molar-refractivity contribution in [2.45, 2.75) is 52.7 Å². The fourth-order valence-corrected chi connectivity index (χ4v) is 2.12. The van der Waals surface area contributed by atoms with Crippen molar-refractivity contribution in [2.75, 3.05) is 13.2 Å². The predicted molar refractivity (Wildman–Crippen MR) is 67.8 cm³/mol. The van der Waals surface area contributed by atoms with Crippen LogP contribution < -0.4 is 0 Å². The molecule has 1 rings (SSSR count). The monoisotopic (exact) mass is 240 g/mol. The third kappa shape index (κ3) is 3.39. The maximum Gasteiger partial charge on any atom is 0.173 e. The maximum absolute atomic E-state index is 10.8. The number of ketones is 1. The van der Waals surface area contributed by atoms with E-state index in [2.05, 4.69) is 20.8 Å². The van der Waals surface area contributed by atoms with Crippen LogP contribution in [-0.2, 0) is 14.3 Å². The number of hydrogen-bond donors (Lipinski definition) is 0. The summed E-state index contributed by atoms with van der Waals surface area (Å²) in [7, 11) is 0. The molecule has 0 atom stereocenters. The molecule has 0 N–H and O–H groups in total. The molecule has 0 spiro atoms. The van der Waals surface area contributed by atoms with Gasteiger partial charge in [-0.2, -0.15) is 0 Å². The molecule has 3 nitrogen and oxygen atoms in total. The van der Waals surface area contributed by atoms with Crippen molar-refractivity contribution in [1.29, 1.82) is 0 Å². The van der Waals surface area contributed by atoms with Crippen LogP contribution in [-0.4, -0.2) is 24.8 Å². The summed E-state index contributed by atoms with van der Waals surface area (Å²) in [5, 5.41) is 0. The summed E-state index contributed by atoms with van der Waals surface area (Å²) in [5.41, 5.74) is -0.00639. The lowest BCUT2D eigenvalue weighted by Gasteiger charge is -2.41. The van der Waals surface area contributed by atoms with Gasteiger partial charge in [-0.05, 0) is 25.8 Å². The molecule has 0 radical (unpaired) electrons. The zero-order chi connectivity index (χ0) is 12.9. The van der Waals surface area contributed by atoms with E-state index in [-0.39, 0.29) is 11.2 Å². The topological polar surface area (TPSA) is 35.5 Å². The van der Waals surface area contributed by atoms with Gasteiger partial charge in [0.05, 0.1) is 13.2 Å². The molecule has 0 saturated carbocycles. The van der Waals surface area contributed by atoms with Gasteiger partial charge in [-0.3, -0.25) is 4.79 Å². The van der Waals surface area contributed by atoms with E-state index in [4.69, 9.17) is 9.47 Å². The lowest BCUT2D eigenvalue weighted by Crippen LogP contribution is -2.45. The van der Waals surface area contributed by atoms with Crippen molar-refractivity contribution >= 4 is 5.78 Å². The lowest BCUT2D eigenvalue weighted by atomic mass is 9.78. The SMILES string of the molecule is CCC(C)(C)C1(CC/C=C/C(C)=O)OCCO1. The first-order valence-electron chi connectivity index (χ1n) is 6.38. The van der Waals surface area contributed by atoms with Crippen LogP contribution in [0.4, 0.5) is 0 Å². The Balaban J connectivity index is 2.63. The minimum Gasteiger partial charge on any atom is -0.347 e. The van der Waals surface area contributed by atoms with Crippen LogP contribution in [0.3, 0.4) is 0 Å². The van der Waals surface area contributed by atoms with Crippen LogP contribution in [0.25, 0.3) is 0 Å². The second kappa shape index (κ2) is 5.78. The van der Waals surface area contributed by atoms with Crippen LogP contribution in [0, 0.1) is 5.41 Å². The molecule has 0 bridgehead atoms. The van der Waals surface area contributed by atoms with E-state index in [9.17, 15) is 4.79 Å². The molecule has 0 amide bonds. The van der Waals surface area contributed by atoms with Gasteiger partial charge < -0.3 is 9.47 Å². The smallest absolute Gasteiger partial charge is 0.173 e. The molecule has 98 valence electrons. The van der Waals surface area contributed by atoms with Crippen molar-refractivity contribution < 1.29 is 14.3 Å². The second-order valence-electron chi connectivity index (χ2n) is 5.24. The van der Waals surface area contributed by atoms with Gasteiger partial charge in [0.25, 0.3) is 0 Å². The van der Waals surface area contributed by atoms with E-state index < -0.39 is 5.79 Å². The van der Waals surface area contributed by atoms with Crippen LogP contribution in [0.5, 0.6) is 0 Å². The average Bonchev–Trinajstić information content (AvgIpc) is 2.74. The Labute approximate surface area is 104 Å². The van der Waals surface area contributed by atoms with Crippen LogP contribution in [0.2, 0.25) is 0 Å². The highest BCUT2D eigenvalue weighted by Crippen LogP contribution is 2.44. The van der Waals surface area contributed by atoms with Crippen molar-refractivity contribution in [2.24, 2.45) is 5.41 Å². The van der Waals surface area contributed by atoms with Gasteiger partial charge >= 0.3 is 0 Å². The largest absolute Gasteiger partial charge is 0.347 e. The van der Waals surface area contributed by atoms with Gasteiger partial charge in [-0.1, -0.05) is 26.8 Å². The Hall–Kier alpha value is -0.670. The van der Waals surface area contributed by atoms with E-state index in [1.807, 2.05) is 6.08 Å². The first kappa shape index (κ1) is 14.4. The molecular weight excluding hydrogens is 216 g/mol. The highest BCUT2D eigenvalue weighted by molar-refractivity contribution is 5.87. The fourth-order valence-electron chi connectivity index (χ4n) is 2.12. The Morgan fingerprint density at radius 2 is 1.94 bits per heavy atom. The second-order valence-corrected chi connectivity index (χ2v) is 5.24. The average molecular weight is 240 g/mol. The summed E-state index contributed by atoms with van der Waals surface area (Å²) in [6.45, 7) is 9.39. The fraction of sp³-hybridized carbons (Fsp3) is 0.786. The van der Waals surface area contributed by atoms with Crippen LogP contribution in [0.15, 0.2) is 12.2 Å². The van der Waals surface area contributed by atoms with Gasteiger partial charge in [0.2, 0.25) is 0 Å². The number of hydrogen-bond acceptors (Lipinski definition) is 3. The zero-order valence-electron chi connectivity index (χ0n) is 11.4. The van der Waals surface area contributed by atoms with E-state index in [1.165, 1.54) is 0 Å². The number of rotatable bonds is 6. The highest BCUT2D eigenvalue weighted by atomic mass is 16.7. The lowest BCUT2D eigenvalue weighted by molar-refractivity contribution is -0.232. The van der Waals surface area contributed by atoms with Crippen LogP contribution >= 0.6 is 0 Å². The van der Waals surface area contributed by atoms with Crippen molar-refractivity contribution in [3.05, 3.63) is 12.2 Å². The quantitative estimate of drug-likeness (QED) is 0.669. The van der Waals surface area contributed by atoms with Crippen molar-refractivity contribution in [3.8, 4) is 0 Å². The Kier molecular flexibility index (Phi) is 4.90. The third-order valence-electron chi connectivity index (χ3n) is 3.66. The normalized spacial score (nSPS) is 20.0. The summed E-state index contributed by atoms with van der Waals surface area (Å²) in [6, 6.07) is 0. The molecule has 0 aromatic carbocycles. The number of allylic oxidation sites excluding steroid dienone is 2. The summed E-state index contributed by atoms with van der Waals surface area (Å²) < 4.78 is 11.7. The summed E-state index contributed by atoms with van der Waals surface area (Å²) >= 11 is 0. The van der Waals surface area contributed by atoms with Gasteiger partial charge in [0.1, 0.15) is 0 Å². The minimum absolute atomic E-state index is 0.00639. The zero-order valence-corrected chi connectivity index (χ0v) is 11.4. The summed E-state index contributed by atoms with van der Waals surface area (Å²) in [5.74, 6) is -0.398. The molecule has 17 heavy (non-hydrogen) atoms. The van der Waals surface area contributed by atoms with E-state index in [0.29, 0.717) is 13.2 Å². The summed E-state index contributed by atoms with van der Waals surface area (Å²) in [6.07, 6.45) is 6.13. The Morgan fingerprint density at radius 3 is 2.41 bits per heavy atom. The van der Waals surface area contributed by atoms with Crippen molar-refractivity contribution in [1.82, 2.24) is 0 Å². The molecule has 1 fully saturated rings. The van der Waals surface area contributed by atoms with Gasteiger partial charge in [0.15, 0.2) is 11.6 Å². The van der Waals surface area contributed by atoms with Crippen LogP contribution in [0.1, 0.15) is 47.0 Å². The standard InChI is InChI=1S/C14H24O3/c1-5-13(3,4)14(16-10-11-17-14)9-7-6-8-12(2)15/h6,8H,5,7,9-11H2,1-4H3/b8-6+. The molecule has 1 aliphatic heterocycles. The van der Waals surface area contributed by atoms with Gasteiger partial charge in [-0.15, -0.1) is 0 Å². The molecule has 1 aliphatic rings. The number of carbonyl (C=O) groups is 1. The molecule has 0 aliphatic carbocycles. The molecule has 3 heteroatoms. The minimum atomic E-state index is -0.483. The molecule has 0 aromatic heterocycles. The number of carbonyl (C=O) groups excluding carboxylic acids is 1. The molecule has 1 heterocycles. The maximum atomic E-state index is 10.8. The van der Waals surface area contributed by atoms with E-state index in [0.717, 1.165) is 19.3 Å². The first-order valence-corrected chi connectivity index (χ1v) is 6.38. The highest BCUT2D eigenvalue weighted by Gasteiger charge is 2.48. The van der Waals surface area contributed by atoms with Crippen molar-refractivity contribution in [3.63, 3.8) is 0 Å². The molecule has 0 unspecified atom stereocenters. The predicted octanol–water partition coefficient (Wildman–Crippen LogP) is 3.09. The Morgan fingerprint density at radius 1 is 1.35 bits per heavy atom. The third-order valence-corrected chi connectivity index (χ3v) is 3.66. The van der Waals surface area contributed by atoms with E-state index in [1.54, 1.807) is 13.0 Å². The van der Waals surface area contributed by atoms with Gasteiger partial charge in [0, 0.05) is 11.8 Å². The molecular formula is C14H24O3.